The van der Waals surface area contributed by atoms with Crippen molar-refractivity contribution in [2.45, 2.75) is 23.8 Å². The maximum absolute atomic E-state index is 6.05. The Morgan fingerprint density at radius 1 is 1.13 bits per heavy atom. The van der Waals surface area contributed by atoms with Gasteiger partial charge in [0, 0.05) is 29.8 Å². The average Bonchev–Trinajstić information content (AvgIpc) is 2.59. The first-order valence-corrected chi connectivity index (χ1v) is 9.03. The average molecular weight is 330 g/mol. The van der Waals surface area contributed by atoms with E-state index in [4.69, 9.17) is 15.2 Å². The number of hydrogen-bond donors (Lipinski definition) is 2. The predicted molar refractivity (Wildman–Crippen MR) is 96.6 cm³/mol. The monoisotopic (exact) mass is 330 g/mol. The molecule has 0 aliphatic carbocycles. The summed E-state index contributed by atoms with van der Waals surface area (Å²) in [7, 11) is 0. The van der Waals surface area contributed by atoms with Crippen LogP contribution in [0.1, 0.15) is 12.8 Å². The zero-order chi connectivity index (χ0) is 16.1. The minimum atomic E-state index is 0.395. The Morgan fingerprint density at radius 3 is 2.57 bits per heavy atom. The fraction of sp³-hybridized carbons (Fsp3) is 0.333. The molecule has 3 rings (SSSR count). The van der Waals surface area contributed by atoms with Gasteiger partial charge in [-0.3, -0.25) is 0 Å². The summed E-state index contributed by atoms with van der Waals surface area (Å²) in [5.74, 6) is 1.62. The molecule has 0 amide bonds. The molecular weight excluding hydrogens is 308 g/mol. The summed E-state index contributed by atoms with van der Waals surface area (Å²) in [4.78, 5) is 1.22. The van der Waals surface area contributed by atoms with Crippen molar-refractivity contribution in [1.82, 2.24) is 0 Å². The summed E-state index contributed by atoms with van der Waals surface area (Å²) in [5.41, 5.74) is 7.60. The lowest BCUT2D eigenvalue weighted by Crippen LogP contribution is -2.28. The number of hydrogen-bond acceptors (Lipinski definition) is 5. The van der Waals surface area contributed by atoms with Crippen LogP contribution >= 0.6 is 11.8 Å². The highest BCUT2D eigenvalue weighted by molar-refractivity contribution is 7.98. The standard InChI is InChI=1S/C18H22N2O2S/c1-23-16-5-3-15(4-6-16)22-18-7-2-13(19)12-17(18)20-14-8-10-21-11-9-14/h2-7,12,14,20H,8-11,19H2,1H3. The minimum Gasteiger partial charge on any atom is -0.455 e. The third-order valence-electron chi connectivity index (χ3n) is 3.87. The highest BCUT2D eigenvalue weighted by Crippen LogP contribution is 2.33. The molecule has 0 bridgehead atoms. The van der Waals surface area contributed by atoms with Gasteiger partial charge in [0.15, 0.2) is 5.75 Å². The Hall–Kier alpha value is -1.85. The Balaban J connectivity index is 1.77. The van der Waals surface area contributed by atoms with E-state index < -0.39 is 0 Å². The number of nitrogens with two attached hydrogens (primary N) is 1. The van der Waals surface area contributed by atoms with Crippen molar-refractivity contribution in [2.24, 2.45) is 0 Å². The van der Waals surface area contributed by atoms with Gasteiger partial charge in [0.05, 0.1) is 5.69 Å². The van der Waals surface area contributed by atoms with E-state index >= 15 is 0 Å². The SMILES string of the molecule is CSc1ccc(Oc2ccc(N)cc2NC2CCOCC2)cc1. The number of nitrogen functional groups attached to an aromatic ring is 1. The number of anilines is 2. The fourth-order valence-electron chi connectivity index (χ4n) is 2.58. The molecule has 3 N–H and O–H groups in total. The molecule has 122 valence electrons. The Morgan fingerprint density at radius 2 is 1.87 bits per heavy atom. The van der Waals surface area contributed by atoms with E-state index in [1.165, 1.54) is 4.90 Å². The zero-order valence-corrected chi connectivity index (χ0v) is 14.1. The molecule has 4 nitrogen and oxygen atoms in total. The van der Waals surface area contributed by atoms with Crippen LogP contribution in [0.5, 0.6) is 11.5 Å². The van der Waals surface area contributed by atoms with Gasteiger partial charge in [0.1, 0.15) is 5.75 Å². The third kappa shape index (κ3) is 4.33. The second-order valence-corrected chi connectivity index (χ2v) is 6.44. The smallest absolute Gasteiger partial charge is 0.150 e. The van der Waals surface area contributed by atoms with E-state index in [1.807, 2.05) is 30.3 Å². The minimum absolute atomic E-state index is 0.395. The van der Waals surface area contributed by atoms with Crippen LogP contribution in [-0.2, 0) is 4.74 Å². The Bertz CT molecular complexity index is 640. The van der Waals surface area contributed by atoms with Gasteiger partial charge in [0.2, 0.25) is 0 Å². The first kappa shape index (κ1) is 16.0. The van der Waals surface area contributed by atoms with E-state index in [2.05, 4.69) is 23.7 Å². The number of ether oxygens (including phenoxy) is 2. The molecule has 1 aliphatic rings. The third-order valence-corrected chi connectivity index (χ3v) is 4.62. The van der Waals surface area contributed by atoms with Crippen molar-refractivity contribution in [3.8, 4) is 11.5 Å². The van der Waals surface area contributed by atoms with Crippen LogP contribution in [0.2, 0.25) is 0 Å². The zero-order valence-electron chi connectivity index (χ0n) is 13.2. The summed E-state index contributed by atoms with van der Waals surface area (Å²) in [6.45, 7) is 1.60. The highest BCUT2D eigenvalue weighted by atomic mass is 32.2. The van der Waals surface area contributed by atoms with Crippen molar-refractivity contribution >= 4 is 23.1 Å². The van der Waals surface area contributed by atoms with Crippen LogP contribution in [0.25, 0.3) is 0 Å². The first-order chi connectivity index (χ1) is 11.2. The van der Waals surface area contributed by atoms with Gasteiger partial charge in [-0.15, -0.1) is 11.8 Å². The van der Waals surface area contributed by atoms with Crippen molar-refractivity contribution in [3.05, 3.63) is 42.5 Å². The maximum Gasteiger partial charge on any atom is 0.150 e. The van der Waals surface area contributed by atoms with E-state index in [0.717, 1.165) is 48.9 Å². The Labute approximate surface area is 141 Å². The second-order valence-electron chi connectivity index (χ2n) is 5.56. The summed E-state index contributed by atoms with van der Waals surface area (Å²) in [5, 5.41) is 3.54. The maximum atomic E-state index is 6.05. The molecule has 0 aromatic heterocycles. The largest absolute Gasteiger partial charge is 0.455 e. The fourth-order valence-corrected chi connectivity index (χ4v) is 2.99. The van der Waals surface area contributed by atoms with Gasteiger partial charge < -0.3 is 20.5 Å². The van der Waals surface area contributed by atoms with E-state index in [1.54, 1.807) is 11.8 Å². The van der Waals surface area contributed by atoms with E-state index in [-0.39, 0.29) is 0 Å². The number of nitrogens with one attached hydrogen (secondary N) is 1. The molecule has 0 unspecified atom stereocenters. The van der Waals surface area contributed by atoms with Crippen LogP contribution in [-0.4, -0.2) is 25.5 Å². The molecule has 1 aliphatic heterocycles. The Kier molecular flexibility index (Phi) is 5.31. The van der Waals surface area contributed by atoms with Crippen LogP contribution < -0.4 is 15.8 Å². The quantitative estimate of drug-likeness (QED) is 0.629. The number of thioether (sulfide) groups is 1. The van der Waals surface area contributed by atoms with Crippen molar-refractivity contribution < 1.29 is 9.47 Å². The number of benzene rings is 2. The molecule has 1 heterocycles. The summed E-state index contributed by atoms with van der Waals surface area (Å²) in [6, 6.07) is 14.2. The normalized spacial score (nSPS) is 15.3. The molecule has 2 aromatic carbocycles. The number of rotatable bonds is 5. The van der Waals surface area contributed by atoms with Gasteiger partial charge in [-0.2, -0.15) is 0 Å². The second kappa shape index (κ2) is 7.62. The van der Waals surface area contributed by atoms with Crippen LogP contribution in [0.4, 0.5) is 11.4 Å². The molecule has 5 heteroatoms. The summed E-state index contributed by atoms with van der Waals surface area (Å²) in [6.07, 6.45) is 4.05. The van der Waals surface area contributed by atoms with E-state index in [9.17, 15) is 0 Å². The van der Waals surface area contributed by atoms with Crippen molar-refractivity contribution in [2.75, 3.05) is 30.5 Å². The van der Waals surface area contributed by atoms with Crippen LogP contribution in [0, 0.1) is 0 Å². The van der Waals surface area contributed by atoms with Crippen LogP contribution in [0.15, 0.2) is 47.4 Å². The van der Waals surface area contributed by atoms with Gasteiger partial charge in [-0.1, -0.05) is 0 Å². The molecule has 1 saturated heterocycles. The summed E-state index contributed by atoms with van der Waals surface area (Å²) < 4.78 is 11.5. The van der Waals surface area contributed by atoms with Gasteiger partial charge in [0.25, 0.3) is 0 Å². The predicted octanol–water partition coefficient (Wildman–Crippen LogP) is 4.37. The molecular formula is C18H22N2O2S. The van der Waals surface area contributed by atoms with Crippen LogP contribution in [0.3, 0.4) is 0 Å². The topological polar surface area (TPSA) is 56.5 Å². The van der Waals surface area contributed by atoms with Crippen molar-refractivity contribution in [1.29, 1.82) is 0 Å². The van der Waals surface area contributed by atoms with E-state index in [0.29, 0.717) is 6.04 Å². The molecule has 23 heavy (non-hydrogen) atoms. The van der Waals surface area contributed by atoms with Gasteiger partial charge in [-0.05, 0) is 61.6 Å². The molecule has 0 radical (unpaired) electrons. The molecule has 0 spiro atoms. The lowest BCUT2D eigenvalue weighted by Gasteiger charge is -2.25. The highest BCUT2D eigenvalue weighted by Gasteiger charge is 2.16. The molecule has 1 fully saturated rings. The van der Waals surface area contributed by atoms with Crippen molar-refractivity contribution in [3.63, 3.8) is 0 Å². The summed E-state index contributed by atoms with van der Waals surface area (Å²) >= 11 is 1.72. The lowest BCUT2D eigenvalue weighted by atomic mass is 10.1. The molecule has 0 saturated carbocycles. The van der Waals surface area contributed by atoms with Gasteiger partial charge in [-0.25, -0.2) is 0 Å². The first-order valence-electron chi connectivity index (χ1n) is 7.80. The molecule has 0 atom stereocenters. The van der Waals surface area contributed by atoms with Gasteiger partial charge >= 0.3 is 0 Å². The molecule has 2 aromatic rings. The lowest BCUT2D eigenvalue weighted by molar-refractivity contribution is 0.0904.